The maximum absolute atomic E-state index is 13.9. The van der Waals surface area contributed by atoms with E-state index < -0.39 is 16.4 Å². The van der Waals surface area contributed by atoms with Crippen molar-refractivity contribution >= 4 is 29.1 Å². The smallest absolute Gasteiger partial charge is 0.319 e. The summed E-state index contributed by atoms with van der Waals surface area (Å²) >= 11 is 6.60. The van der Waals surface area contributed by atoms with E-state index in [4.69, 9.17) is 20.8 Å². The van der Waals surface area contributed by atoms with Crippen molar-refractivity contribution < 1.29 is 18.5 Å². The lowest BCUT2D eigenvalue weighted by Crippen LogP contribution is -1.96. The summed E-state index contributed by atoms with van der Waals surface area (Å²) in [5.41, 5.74) is -0.0490. The second-order valence-electron chi connectivity index (χ2n) is 4.70. The predicted octanol–water partition coefficient (Wildman–Crippen LogP) is 4.60. The van der Waals surface area contributed by atoms with Crippen LogP contribution in [0.4, 0.5) is 10.1 Å². The number of halogens is 2. The van der Waals surface area contributed by atoms with Crippen LogP contribution < -0.4 is 4.74 Å². The molecule has 0 spiro atoms. The van der Waals surface area contributed by atoms with Crippen molar-refractivity contribution in [2.24, 2.45) is 0 Å². The van der Waals surface area contributed by atoms with Crippen molar-refractivity contribution in [3.8, 4) is 17.2 Å². The highest BCUT2D eigenvalue weighted by molar-refractivity contribution is 7.99. The Morgan fingerprint density at radius 2 is 2.00 bits per heavy atom. The van der Waals surface area contributed by atoms with Gasteiger partial charge in [-0.05, 0) is 36.0 Å². The fraction of sp³-hybridized carbons (Fsp3) is 0.0667. The summed E-state index contributed by atoms with van der Waals surface area (Å²) in [6, 6.07) is 8.98. The van der Waals surface area contributed by atoms with E-state index in [1.807, 2.05) is 0 Å². The molecular weight excluding hydrogens is 373 g/mol. The molecular formula is C15H9ClFN3O4S. The highest BCUT2D eigenvalue weighted by atomic mass is 35.5. The molecule has 25 heavy (non-hydrogen) atoms. The van der Waals surface area contributed by atoms with E-state index in [1.54, 1.807) is 24.3 Å². The second kappa shape index (κ2) is 7.08. The van der Waals surface area contributed by atoms with Gasteiger partial charge in [-0.15, -0.1) is 10.2 Å². The number of methoxy groups -OCH3 is 1. The van der Waals surface area contributed by atoms with Gasteiger partial charge in [-0.1, -0.05) is 11.6 Å². The van der Waals surface area contributed by atoms with Crippen LogP contribution in [0.2, 0.25) is 5.02 Å². The van der Waals surface area contributed by atoms with Crippen molar-refractivity contribution in [3.05, 3.63) is 57.4 Å². The topological polar surface area (TPSA) is 91.3 Å². The van der Waals surface area contributed by atoms with E-state index in [1.165, 1.54) is 13.2 Å². The summed E-state index contributed by atoms with van der Waals surface area (Å²) in [5, 5.41) is 19.4. The van der Waals surface area contributed by atoms with Gasteiger partial charge in [0, 0.05) is 22.7 Å². The molecule has 0 saturated heterocycles. The Hall–Kier alpha value is -2.65. The molecule has 0 N–H and O–H groups in total. The van der Waals surface area contributed by atoms with Gasteiger partial charge in [0.15, 0.2) is 0 Å². The van der Waals surface area contributed by atoms with Crippen LogP contribution in [-0.2, 0) is 0 Å². The van der Waals surface area contributed by atoms with Gasteiger partial charge in [0.25, 0.3) is 5.22 Å². The van der Waals surface area contributed by atoms with Crippen LogP contribution in [0.3, 0.4) is 0 Å². The molecule has 0 aliphatic carbocycles. The lowest BCUT2D eigenvalue weighted by molar-refractivity contribution is -0.390. The lowest BCUT2D eigenvalue weighted by atomic mass is 10.2. The average Bonchev–Trinajstić information content (AvgIpc) is 3.03. The third-order valence-corrected chi connectivity index (χ3v) is 4.24. The first kappa shape index (κ1) is 17.2. The third-order valence-electron chi connectivity index (χ3n) is 3.12. The predicted molar refractivity (Wildman–Crippen MR) is 88.5 cm³/mol. The Balaban J connectivity index is 1.94. The highest BCUT2D eigenvalue weighted by Gasteiger charge is 2.25. The van der Waals surface area contributed by atoms with Crippen molar-refractivity contribution in [3.63, 3.8) is 0 Å². The zero-order valence-corrected chi connectivity index (χ0v) is 14.2. The molecule has 0 aliphatic rings. The Bertz CT molecular complexity index is 933. The Kier molecular flexibility index (Phi) is 4.86. The normalized spacial score (nSPS) is 10.7. The van der Waals surface area contributed by atoms with Crippen molar-refractivity contribution in [2.75, 3.05) is 7.11 Å². The molecule has 0 unspecified atom stereocenters. The van der Waals surface area contributed by atoms with Gasteiger partial charge in [0.2, 0.25) is 11.7 Å². The second-order valence-corrected chi connectivity index (χ2v) is 6.12. The fourth-order valence-corrected chi connectivity index (χ4v) is 2.94. The first-order valence-corrected chi connectivity index (χ1v) is 7.96. The number of nitro benzene ring substituents is 1. The van der Waals surface area contributed by atoms with E-state index in [2.05, 4.69) is 10.2 Å². The van der Waals surface area contributed by atoms with Gasteiger partial charge in [-0.25, -0.2) is 0 Å². The molecule has 0 saturated carbocycles. The molecule has 0 amide bonds. The van der Waals surface area contributed by atoms with E-state index in [-0.39, 0.29) is 21.8 Å². The zero-order valence-electron chi connectivity index (χ0n) is 12.6. The molecule has 3 aromatic rings. The molecule has 1 aromatic heterocycles. The van der Waals surface area contributed by atoms with Crippen LogP contribution in [0.5, 0.6) is 5.75 Å². The monoisotopic (exact) mass is 381 g/mol. The van der Waals surface area contributed by atoms with Gasteiger partial charge in [-0.2, -0.15) is 4.39 Å². The maximum atomic E-state index is 13.9. The number of rotatable bonds is 5. The van der Waals surface area contributed by atoms with E-state index in [0.717, 1.165) is 17.8 Å². The van der Waals surface area contributed by atoms with Crippen LogP contribution in [-0.4, -0.2) is 22.2 Å². The Labute approximate surface area is 149 Å². The summed E-state index contributed by atoms with van der Waals surface area (Å²) in [7, 11) is 1.33. The minimum Gasteiger partial charge on any atom is -0.497 e. The van der Waals surface area contributed by atoms with Crippen LogP contribution in [0.1, 0.15) is 0 Å². The Morgan fingerprint density at radius 1 is 1.28 bits per heavy atom. The third kappa shape index (κ3) is 3.72. The van der Waals surface area contributed by atoms with Crippen LogP contribution in [0.15, 0.2) is 50.9 Å². The minimum atomic E-state index is -1.01. The summed E-state index contributed by atoms with van der Waals surface area (Å²) in [6.07, 6.45) is 0. The van der Waals surface area contributed by atoms with Crippen molar-refractivity contribution in [1.82, 2.24) is 10.2 Å². The molecule has 0 radical (unpaired) electrons. The lowest BCUT2D eigenvalue weighted by Gasteiger charge is -2.04. The highest BCUT2D eigenvalue weighted by Crippen LogP contribution is 2.39. The SMILES string of the molecule is COc1cc(F)c([N+](=O)[O-])c(Sc2nnc(-c3ccc(Cl)cc3)o2)c1. The first-order valence-electron chi connectivity index (χ1n) is 6.77. The number of benzene rings is 2. The number of aromatic nitrogens is 2. The van der Waals surface area contributed by atoms with Gasteiger partial charge in [0.05, 0.1) is 12.0 Å². The molecule has 0 fully saturated rings. The standard InChI is InChI=1S/C15H9ClFN3O4S/c1-23-10-6-11(17)13(20(21)22)12(7-10)25-15-19-18-14(24-15)8-2-4-9(16)5-3-8/h2-7H,1H3. The first-order chi connectivity index (χ1) is 12.0. The molecule has 128 valence electrons. The largest absolute Gasteiger partial charge is 0.497 e. The molecule has 10 heteroatoms. The van der Waals surface area contributed by atoms with Crippen LogP contribution in [0.25, 0.3) is 11.5 Å². The number of nitrogens with zero attached hydrogens (tertiary/aromatic N) is 3. The minimum absolute atomic E-state index is 0.00634. The summed E-state index contributed by atoms with van der Waals surface area (Å²) in [4.78, 5) is 10.3. The molecule has 0 atom stereocenters. The van der Waals surface area contributed by atoms with E-state index in [9.17, 15) is 14.5 Å². The quantitative estimate of drug-likeness (QED) is 0.471. The van der Waals surface area contributed by atoms with Gasteiger partial charge in [-0.3, -0.25) is 10.1 Å². The summed E-state index contributed by atoms with van der Waals surface area (Å²) < 4.78 is 24.4. The van der Waals surface area contributed by atoms with Crippen LogP contribution in [0, 0.1) is 15.9 Å². The van der Waals surface area contributed by atoms with Crippen LogP contribution >= 0.6 is 23.4 Å². The number of hydrogen-bond acceptors (Lipinski definition) is 7. The van der Waals surface area contributed by atoms with E-state index in [0.29, 0.717) is 10.6 Å². The summed E-state index contributed by atoms with van der Waals surface area (Å²) in [5.74, 6) is -0.655. The molecule has 2 aromatic carbocycles. The average molecular weight is 382 g/mol. The molecule has 0 aliphatic heterocycles. The van der Waals surface area contributed by atoms with Gasteiger partial charge >= 0.3 is 5.69 Å². The molecule has 1 heterocycles. The number of ether oxygens (including phenoxy) is 1. The molecule has 0 bridgehead atoms. The van der Waals surface area contributed by atoms with E-state index >= 15 is 0 Å². The number of hydrogen-bond donors (Lipinski definition) is 0. The molecule has 3 rings (SSSR count). The maximum Gasteiger partial charge on any atom is 0.319 e. The number of nitro groups is 1. The van der Waals surface area contributed by atoms with Gasteiger partial charge in [0.1, 0.15) is 10.6 Å². The van der Waals surface area contributed by atoms with Crippen molar-refractivity contribution in [1.29, 1.82) is 0 Å². The summed E-state index contributed by atoms with van der Waals surface area (Å²) in [6.45, 7) is 0. The van der Waals surface area contributed by atoms with Gasteiger partial charge < -0.3 is 9.15 Å². The fourth-order valence-electron chi connectivity index (χ4n) is 1.98. The Morgan fingerprint density at radius 3 is 2.64 bits per heavy atom. The zero-order chi connectivity index (χ0) is 18.0. The molecule has 7 nitrogen and oxygen atoms in total. The van der Waals surface area contributed by atoms with Crippen molar-refractivity contribution in [2.45, 2.75) is 10.1 Å².